The van der Waals surface area contributed by atoms with E-state index in [1.165, 1.54) is 73.9 Å². The second-order valence-corrected chi connectivity index (χ2v) is 45.7. The third kappa shape index (κ3) is 22.5. The molecule has 0 aliphatic carbocycles. The van der Waals surface area contributed by atoms with Crippen LogP contribution in [-0.2, 0) is 92.9 Å². The van der Waals surface area contributed by atoms with Gasteiger partial charge in [-0.2, -0.15) is 17.2 Å². The number of ether oxygens (including phenoxy) is 2. The topological polar surface area (TPSA) is 321 Å². The Bertz CT molecular complexity index is 6500. The minimum absolute atomic E-state index is 0.0149. The predicted octanol–water partition coefficient (Wildman–Crippen LogP) is 14.1. The number of imidazole rings is 1. The van der Waals surface area contributed by atoms with Gasteiger partial charge >= 0.3 is 5.97 Å². The first-order chi connectivity index (χ1) is 65.8. The van der Waals surface area contributed by atoms with Crippen LogP contribution in [0.1, 0.15) is 162 Å². The number of aromatic nitrogens is 2. The summed E-state index contributed by atoms with van der Waals surface area (Å²) in [4.78, 5) is 103. The number of esters is 1. The molecule has 4 saturated heterocycles. The summed E-state index contributed by atoms with van der Waals surface area (Å²) in [6.07, 6.45) is 20.8. The van der Waals surface area contributed by atoms with Gasteiger partial charge in [0.1, 0.15) is 16.4 Å². The number of anilines is 1. The molecule has 12 heterocycles. The molecule has 4 fully saturated rings. The van der Waals surface area contributed by atoms with Crippen molar-refractivity contribution in [3.05, 3.63) is 250 Å². The lowest BCUT2D eigenvalue weighted by Gasteiger charge is -2.36. The van der Waals surface area contributed by atoms with E-state index in [0.717, 1.165) is 37.7 Å². The van der Waals surface area contributed by atoms with E-state index in [1.807, 2.05) is 112 Å². The molecule has 137 heavy (non-hydrogen) atoms. The normalized spacial score (nSPS) is 21.4. The van der Waals surface area contributed by atoms with Gasteiger partial charge in [-0.3, -0.25) is 33.6 Å². The number of halogens is 1. The van der Waals surface area contributed by atoms with Crippen LogP contribution >= 0.6 is 15.9 Å². The van der Waals surface area contributed by atoms with Gasteiger partial charge in [0.2, 0.25) is 59.6 Å². The smallest absolute Gasteiger partial charge is 0.315 e. The SMILES string of the molecule is CC(C)n1cnc(S(=O)(=O)N2CCCC(C(=O)N3CC=C(c4ccccc4)CC3)C2)c1.CCC(=O)N1CCc2cc(Br)cc(S(=O)(=O)N3CCCC(C(=O)N4CC=C(c5ccccc5)CC4)C3)c21.Cc1cc2c(cc1S(=O)(=O)N1CCCC(C(=O)N3CC=C(c4ccccc4)CC3)C1)OC(C)C(=O)C2.O=C1Cc2ccc(S(=O)(=O)N3CCCC(C(=O)N4CC=C(c5ccccc5)CC4)C3)cc2O1. The average molecular weight is 2000 g/mol. The minimum Gasteiger partial charge on any atom is -0.483 e. The molecule has 33 heteroatoms. The summed E-state index contributed by atoms with van der Waals surface area (Å²) in [5, 5.41) is 0.0581. The number of fused-ring (bicyclic) bond motifs is 3. The van der Waals surface area contributed by atoms with Crippen molar-refractivity contribution in [3.8, 4) is 11.5 Å². The van der Waals surface area contributed by atoms with Gasteiger partial charge in [0, 0.05) is 164 Å². The largest absolute Gasteiger partial charge is 0.483 e. The second-order valence-electron chi connectivity index (χ2n) is 37.2. The van der Waals surface area contributed by atoms with E-state index in [9.17, 15) is 67.2 Å². The lowest BCUT2D eigenvalue weighted by atomic mass is 9.95. The van der Waals surface area contributed by atoms with Gasteiger partial charge in [-0.15, -0.1) is 0 Å². The second kappa shape index (κ2) is 43.2. The molecule has 1 aromatic heterocycles. The van der Waals surface area contributed by atoms with Crippen LogP contribution in [0, 0.1) is 30.6 Å². The van der Waals surface area contributed by atoms with Crippen LogP contribution in [0.2, 0.25) is 0 Å². The fraction of sp³-hybridized carbons (Fsp3) is 0.423. The highest BCUT2D eigenvalue weighted by Gasteiger charge is 2.44. The van der Waals surface area contributed by atoms with Crippen LogP contribution < -0.4 is 14.4 Å². The molecule has 19 rings (SSSR count). The molecule has 0 radical (unpaired) electrons. The number of benzene rings is 7. The van der Waals surface area contributed by atoms with E-state index >= 15 is 0 Å². The molecule has 0 saturated carbocycles. The number of hydrogen-bond donors (Lipinski definition) is 0. The van der Waals surface area contributed by atoms with Crippen LogP contribution in [0.3, 0.4) is 0 Å². The van der Waals surface area contributed by atoms with Crippen molar-refractivity contribution in [2.75, 3.05) is 116 Å². The van der Waals surface area contributed by atoms with Crippen molar-refractivity contribution >= 4 is 125 Å². The third-order valence-corrected chi connectivity index (χ3v) is 35.9. The number of carbonyl (C=O) groups excluding carboxylic acids is 7. The third-order valence-electron chi connectivity index (χ3n) is 27.9. The van der Waals surface area contributed by atoms with Crippen molar-refractivity contribution in [1.29, 1.82) is 0 Å². The summed E-state index contributed by atoms with van der Waals surface area (Å²) in [5.41, 5.74) is 13.1. The molecule has 5 amide bonds. The molecule has 11 aliphatic rings. The lowest BCUT2D eigenvalue weighted by molar-refractivity contribution is -0.137. The summed E-state index contributed by atoms with van der Waals surface area (Å²) in [7, 11) is -15.2. The molecular weight excluding hydrogens is 1880 g/mol. The highest BCUT2D eigenvalue weighted by atomic mass is 79.9. The maximum absolute atomic E-state index is 13.9. The molecule has 28 nitrogen and oxygen atoms in total. The quantitative estimate of drug-likeness (QED) is 0.0569. The van der Waals surface area contributed by atoms with Crippen molar-refractivity contribution in [3.63, 3.8) is 0 Å². The number of rotatable bonds is 18. The molecule has 5 atom stereocenters. The zero-order valence-corrected chi connectivity index (χ0v) is 83.1. The van der Waals surface area contributed by atoms with E-state index in [1.54, 1.807) is 67.0 Å². The molecular formula is C104H120BrN11O17S4. The maximum Gasteiger partial charge on any atom is 0.315 e. The molecule has 8 aromatic rings. The summed E-state index contributed by atoms with van der Waals surface area (Å²) in [6, 6.07) is 52.3. The number of sulfonamides is 4. The number of carbonyl (C=O) groups is 7. The Morgan fingerprint density at radius 2 is 0.854 bits per heavy atom. The van der Waals surface area contributed by atoms with Crippen LogP contribution in [0.15, 0.2) is 225 Å². The van der Waals surface area contributed by atoms with Gasteiger partial charge in [0.25, 0.3) is 10.0 Å². The van der Waals surface area contributed by atoms with E-state index in [0.29, 0.717) is 181 Å². The van der Waals surface area contributed by atoms with E-state index in [2.05, 4.69) is 93.7 Å². The van der Waals surface area contributed by atoms with E-state index in [-0.39, 0.29) is 130 Å². The first kappa shape index (κ1) is 99.1. The van der Waals surface area contributed by atoms with Crippen molar-refractivity contribution < 1.29 is 76.7 Å². The number of nitrogens with zero attached hydrogens (tertiary/aromatic N) is 11. The van der Waals surface area contributed by atoms with Crippen LogP contribution in [0.5, 0.6) is 11.5 Å². The Morgan fingerprint density at radius 3 is 1.25 bits per heavy atom. The summed E-state index contributed by atoms with van der Waals surface area (Å²) in [5.74, 6) is -1.00. The summed E-state index contributed by atoms with van der Waals surface area (Å²) < 4.78 is 127. The van der Waals surface area contributed by atoms with Gasteiger partial charge in [0.15, 0.2) is 16.9 Å². The first-order valence-corrected chi connectivity index (χ1v) is 54.3. The van der Waals surface area contributed by atoms with Crippen molar-refractivity contribution in [1.82, 2.24) is 46.4 Å². The van der Waals surface area contributed by atoms with Gasteiger partial charge in [-0.25, -0.2) is 38.7 Å². The molecule has 5 unspecified atom stereocenters. The van der Waals surface area contributed by atoms with E-state index in [4.69, 9.17) is 9.47 Å². The summed E-state index contributed by atoms with van der Waals surface area (Å²) in [6.45, 7) is 16.7. The molecule has 0 N–H and O–H groups in total. The van der Waals surface area contributed by atoms with Crippen molar-refractivity contribution in [2.45, 2.75) is 169 Å². The average Bonchev–Trinajstić information content (AvgIpc) is 1.72. The van der Waals surface area contributed by atoms with E-state index < -0.39 is 46.2 Å². The monoisotopic (exact) mass is 2000 g/mol. The number of Topliss-reactive ketones (excluding diaryl/α,β-unsaturated/α-hetero) is 1. The highest BCUT2D eigenvalue weighted by molar-refractivity contribution is 9.10. The Labute approximate surface area is 812 Å². The Balaban J connectivity index is 0.000000133. The number of hydrogen-bond acceptors (Lipinski definition) is 18. The van der Waals surface area contributed by atoms with Gasteiger partial charge in [-0.1, -0.05) is 181 Å². The van der Waals surface area contributed by atoms with Crippen LogP contribution in [0.25, 0.3) is 22.3 Å². The fourth-order valence-corrected chi connectivity index (χ4v) is 27.3. The molecule has 11 aliphatic heterocycles. The fourth-order valence-electron chi connectivity index (χ4n) is 20.1. The maximum atomic E-state index is 13.9. The Kier molecular flexibility index (Phi) is 31.3. The predicted molar refractivity (Wildman–Crippen MR) is 527 cm³/mol. The zero-order valence-electron chi connectivity index (χ0n) is 78.2. The summed E-state index contributed by atoms with van der Waals surface area (Å²) >= 11 is 3.46. The minimum atomic E-state index is -3.90. The number of ketones is 1. The number of piperidine rings is 4. The lowest BCUT2D eigenvalue weighted by Crippen LogP contribution is -2.47. The van der Waals surface area contributed by atoms with Gasteiger partial charge in [0.05, 0.1) is 51.9 Å². The van der Waals surface area contributed by atoms with Crippen molar-refractivity contribution in [2.24, 2.45) is 23.7 Å². The molecule has 0 spiro atoms. The molecule has 724 valence electrons. The Hall–Kier alpha value is -10.9. The zero-order chi connectivity index (χ0) is 96.6. The Morgan fingerprint density at radius 1 is 0.445 bits per heavy atom. The van der Waals surface area contributed by atoms with Crippen LogP contribution in [-0.4, -0.2) is 239 Å². The first-order valence-electron chi connectivity index (χ1n) is 47.8. The van der Waals surface area contributed by atoms with Gasteiger partial charge in [-0.05, 0) is 185 Å². The number of aryl methyl sites for hydroxylation is 1. The molecule has 7 aromatic carbocycles. The standard InChI is InChI=1S/C28H32BrN3O4S.C28H32N2O5S.C25H26N2O5S.C23H30N4O3S/c1-2-26(33)32-16-12-22-17-24(29)18-25(27(22)32)37(35,36)31-13-6-9-23(19-31)28(34)30-14-10-21(11-15-30)20-7-4-3-5-8-20;1-19-15-24-16-25(31)20(2)35-26(24)17-27(19)36(33,34)30-12-6-9-23(18-30)28(32)29-13-10-22(11-14-29)21-7-4-3-5-8-21;28-24-15-20-8-9-22(16-23(20)32-24)33(30,31)27-12-4-7-21(17-27)25(29)26-13-10-19(11-14-26)18-5-2-1-3-6-18;1-18(2)26-16-22(24-17-26)31(29,30)27-12-6-9-21(15-27)23(28)25-13-10-20(11-14-25)19-7-4-3-5-8-19/h3-5,7-8,10,17-18,23H,2,6,9,11-16,19H2,1H3;3-5,7-8,10,15,17,20,23H,6,9,11-14,16,18H2,1-2H3;1-3,5-6,8-10,16,21H,4,7,11-15,17H2;3-5,7-8,10,16-18,21H,6,9,11-15H2,1-2H3. The number of amides is 5. The highest BCUT2D eigenvalue weighted by Crippen LogP contribution is 2.43. The molecule has 0 bridgehead atoms. The van der Waals surface area contributed by atoms with Gasteiger partial charge < -0.3 is 38.5 Å². The van der Waals surface area contributed by atoms with Crippen LogP contribution in [0.4, 0.5) is 5.69 Å².